The van der Waals surface area contributed by atoms with Crippen LogP contribution in [-0.4, -0.2) is 50.9 Å². The summed E-state index contributed by atoms with van der Waals surface area (Å²) in [6.45, 7) is 6.47. The van der Waals surface area contributed by atoms with E-state index in [9.17, 15) is 18.0 Å². The Kier molecular flexibility index (Phi) is 11.5. The highest BCUT2D eigenvalue weighted by molar-refractivity contribution is 7.92. The molecule has 0 aliphatic carbocycles. The maximum absolute atomic E-state index is 14.1. The number of carbonyl (C=O) groups excluding carboxylic acids is 2. The monoisotopic (exact) mass is 653 g/mol. The number of hydrogen-bond donors (Lipinski definition) is 1. The zero-order valence-corrected chi connectivity index (χ0v) is 27.1. The van der Waals surface area contributed by atoms with E-state index in [-0.39, 0.29) is 33.9 Å². The van der Waals surface area contributed by atoms with Crippen LogP contribution in [0.5, 0.6) is 5.75 Å². The van der Waals surface area contributed by atoms with Gasteiger partial charge in [-0.05, 0) is 75.2 Å². The van der Waals surface area contributed by atoms with E-state index >= 15 is 0 Å². The summed E-state index contributed by atoms with van der Waals surface area (Å²) in [5, 5.41) is 3.85. The van der Waals surface area contributed by atoms with E-state index in [4.69, 9.17) is 39.5 Å². The van der Waals surface area contributed by atoms with E-state index in [1.54, 1.807) is 37.3 Å². The first kappa shape index (κ1) is 33.5. The topological polar surface area (TPSA) is 96.0 Å². The van der Waals surface area contributed by atoms with Crippen LogP contribution in [0.2, 0.25) is 15.1 Å². The molecule has 0 aromatic heterocycles. The lowest BCUT2D eigenvalue weighted by molar-refractivity contribution is -0.139. The first-order valence-corrected chi connectivity index (χ1v) is 15.8. The summed E-state index contributed by atoms with van der Waals surface area (Å²) >= 11 is 18.8. The zero-order chi connectivity index (χ0) is 31.2. The maximum atomic E-state index is 14.1. The molecule has 42 heavy (non-hydrogen) atoms. The molecule has 0 heterocycles. The first-order chi connectivity index (χ1) is 19.8. The van der Waals surface area contributed by atoms with Crippen LogP contribution >= 0.6 is 34.8 Å². The Morgan fingerprint density at radius 1 is 0.952 bits per heavy atom. The molecule has 0 saturated carbocycles. The highest BCUT2D eigenvalue weighted by Crippen LogP contribution is 2.35. The van der Waals surface area contributed by atoms with Crippen molar-refractivity contribution in [2.24, 2.45) is 0 Å². The number of methoxy groups -OCH3 is 1. The van der Waals surface area contributed by atoms with Crippen LogP contribution < -0.4 is 14.4 Å². The summed E-state index contributed by atoms with van der Waals surface area (Å²) in [5.41, 5.74) is 1.47. The second kappa shape index (κ2) is 14.5. The van der Waals surface area contributed by atoms with Crippen LogP contribution in [0.4, 0.5) is 5.69 Å². The van der Waals surface area contributed by atoms with Crippen molar-refractivity contribution < 1.29 is 22.7 Å². The normalized spacial score (nSPS) is 12.8. The predicted octanol–water partition coefficient (Wildman–Crippen LogP) is 6.49. The lowest BCUT2D eigenvalue weighted by atomic mass is 10.1. The standard InChI is InChI=1S/C30H34Cl3N3O5S/c1-6-20(3)34-30(38)21(4)35(17-22-9-10-23(31)15-26(22)33)29(37)18-36(27-16-24(32)11-14-28(27)41-5)42(39,40)25-12-7-19(2)8-13-25/h7-16,20-21H,6,17-18H2,1-5H3,(H,34,38)/t20-,21-/m1/s1. The number of hydrogen-bond acceptors (Lipinski definition) is 5. The van der Waals surface area contributed by atoms with Crippen LogP contribution in [0.15, 0.2) is 65.6 Å². The summed E-state index contributed by atoms with van der Waals surface area (Å²) in [5.74, 6) is -0.848. The number of amides is 2. The average molecular weight is 655 g/mol. The molecule has 2 atom stereocenters. The van der Waals surface area contributed by atoms with Gasteiger partial charge in [0.15, 0.2) is 0 Å². The van der Waals surface area contributed by atoms with Gasteiger partial charge in [-0.2, -0.15) is 0 Å². The number of aryl methyl sites for hydroxylation is 1. The molecule has 1 N–H and O–H groups in total. The van der Waals surface area contributed by atoms with Crippen molar-refractivity contribution in [1.29, 1.82) is 0 Å². The molecule has 0 spiro atoms. The third-order valence-electron chi connectivity index (χ3n) is 6.82. The molecule has 3 aromatic carbocycles. The molecule has 0 aliphatic heterocycles. The fraction of sp³-hybridized carbons (Fsp3) is 0.333. The van der Waals surface area contributed by atoms with E-state index in [0.717, 1.165) is 9.87 Å². The van der Waals surface area contributed by atoms with Gasteiger partial charge in [0.05, 0.1) is 17.7 Å². The largest absolute Gasteiger partial charge is 0.495 e. The maximum Gasteiger partial charge on any atom is 0.264 e. The number of halogens is 3. The van der Waals surface area contributed by atoms with Crippen molar-refractivity contribution in [2.75, 3.05) is 18.0 Å². The molecule has 226 valence electrons. The van der Waals surface area contributed by atoms with Gasteiger partial charge >= 0.3 is 0 Å². The van der Waals surface area contributed by atoms with Crippen molar-refractivity contribution in [3.8, 4) is 5.75 Å². The Hall–Kier alpha value is -2.98. The predicted molar refractivity (Wildman–Crippen MR) is 168 cm³/mol. The number of nitrogens with one attached hydrogen (secondary N) is 1. The number of carbonyl (C=O) groups is 2. The van der Waals surface area contributed by atoms with Crippen LogP contribution in [0.3, 0.4) is 0 Å². The average Bonchev–Trinajstić information content (AvgIpc) is 2.95. The lowest BCUT2D eigenvalue weighted by Gasteiger charge is -2.33. The van der Waals surface area contributed by atoms with Crippen LogP contribution in [-0.2, 0) is 26.2 Å². The van der Waals surface area contributed by atoms with E-state index in [2.05, 4.69) is 5.32 Å². The molecule has 0 unspecified atom stereocenters. The fourth-order valence-corrected chi connectivity index (χ4v) is 6.14. The van der Waals surface area contributed by atoms with Crippen molar-refractivity contribution >= 4 is 62.3 Å². The Balaban J connectivity index is 2.12. The van der Waals surface area contributed by atoms with Crippen LogP contribution in [0.25, 0.3) is 0 Å². The van der Waals surface area contributed by atoms with Gasteiger partial charge in [0, 0.05) is 27.7 Å². The molecule has 3 rings (SSSR count). The molecule has 0 radical (unpaired) electrons. The van der Waals surface area contributed by atoms with Crippen molar-refractivity contribution in [3.05, 3.63) is 86.9 Å². The lowest BCUT2D eigenvalue weighted by Crippen LogP contribution is -2.52. The van der Waals surface area contributed by atoms with Crippen molar-refractivity contribution in [2.45, 2.75) is 57.6 Å². The molecule has 0 fully saturated rings. The molecular formula is C30H34Cl3N3O5S. The van der Waals surface area contributed by atoms with E-state index in [1.165, 1.54) is 42.3 Å². The van der Waals surface area contributed by atoms with E-state index in [0.29, 0.717) is 22.0 Å². The van der Waals surface area contributed by atoms with E-state index < -0.39 is 34.4 Å². The number of benzene rings is 3. The summed E-state index contributed by atoms with van der Waals surface area (Å²) in [4.78, 5) is 28.6. The second-order valence-electron chi connectivity index (χ2n) is 9.89. The third-order valence-corrected chi connectivity index (χ3v) is 9.42. The van der Waals surface area contributed by atoms with Crippen molar-refractivity contribution in [1.82, 2.24) is 10.2 Å². The second-order valence-corrected chi connectivity index (χ2v) is 13.0. The number of nitrogens with zero attached hydrogens (tertiary/aromatic N) is 2. The molecule has 0 aliphatic rings. The Morgan fingerprint density at radius 3 is 2.17 bits per heavy atom. The zero-order valence-electron chi connectivity index (χ0n) is 24.0. The van der Waals surface area contributed by atoms with Gasteiger partial charge in [-0.25, -0.2) is 8.42 Å². The van der Waals surface area contributed by atoms with Gasteiger partial charge in [0.1, 0.15) is 18.3 Å². The van der Waals surface area contributed by atoms with Gasteiger partial charge in [0.25, 0.3) is 10.0 Å². The summed E-state index contributed by atoms with van der Waals surface area (Å²) in [6.07, 6.45) is 0.687. The highest BCUT2D eigenvalue weighted by Gasteiger charge is 2.34. The van der Waals surface area contributed by atoms with Crippen LogP contribution in [0.1, 0.15) is 38.3 Å². The number of sulfonamides is 1. The quantitative estimate of drug-likeness (QED) is 0.241. The molecular weight excluding hydrogens is 621 g/mol. The molecule has 3 aromatic rings. The van der Waals surface area contributed by atoms with E-state index in [1.807, 2.05) is 20.8 Å². The van der Waals surface area contributed by atoms with Gasteiger partial charge in [-0.3, -0.25) is 13.9 Å². The molecule has 0 bridgehead atoms. The molecule has 12 heteroatoms. The third kappa shape index (κ3) is 8.10. The summed E-state index contributed by atoms with van der Waals surface area (Å²) in [7, 11) is -2.91. The van der Waals surface area contributed by atoms with Crippen molar-refractivity contribution in [3.63, 3.8) is 0 Å². The molecule has 2 amide bonds. The van der Waals surface area contributed by atoms with Gasteiger partial charge < -0.3 is 15.0 Å². The summed E-state index contributed by atoms with van der Waals surface area (Å²) < 4.78 is 34.5. The fourth-order valence-electron chi connectivity index (χ4n) is 4.09. The number of anilines is 1. The molecule has 0 saturated heterocycles. The van der Waals surface area contributed by atoms with Gasteiger partial charge in [-0.15, -0.1) is 0 Å². The Labute approximate surface area is 262 Å². The summed E-state index contributed by atoms with van der Waals surface area (Å²) in [6, 6.07) is 14.5. The first-order valence-electron chi connectivity index (χ1n) is 13.2. The minimum absolute atomic E-state index is 0.0298. The van der Waals surface area contributed by atoms with Gasteiger partial charge in [0.2, 0.25) is 11.8 Å². The Bertz CT molecular complexity index is 1530. The van der Waals surface area contributed by atoms with Gasteiger partial charge in [-0.1, -0.05) is 65.5 Å². The number of rotatable bonds is 12. The van der Waals surface area contributed by atoms with Crippen LogP contribution in [0, 0.1) is 6.92 Å². The minimum Gasteiger partial charge on any atom is -0.495 e. The SMILES string of the molecule is CC[C@@H](C)NC(=O)[C@@H](C)N(Cc1ccc(Cl)cc1Cl)C(=O)CN(c1cc(Cl)ccc1OC)S(=O)(=O)c1ccc(C)cc1. The minimum atomic E-state index is -4.30. The highest BCUT2D eigenvalue weighted by atomic mass is 35.5. The smallest absolute Gasteiger partial charge is 0.264 e. The Morgan fingerprint density at radius 2 is 1.57 bits per heavy atom. The molecule has 8 nitrogen and oxygen atoms in total. The number of ether oxygens (including phenoxy) is 1.